The number of benzene rings is 2. The van der Waals surface area contributed by atoms with E-state index in [1.54, 1.807) is 11.8 Å². The van der Waals surface area contributed by atoms with Gasteiger partial charge in [-0.1, -0.05) is 30.3 Å². The van der Waals surface area contributed by atoms with Gasteiger partial charge in [0.15, 0.2) is 12.4 Å². The summed E-state index contributed by atoms with van der Waals surface area (Å²) in [5, 5.41) is 0. The SMILES string of the molecule is CCOC(=O)[C@@H](OC(C)(C)C)c1c(C)c2c(c(C)c1C=O)CN(C(=O)OCc1ccccc1)C2. The van der Waals surface area contributed by atoms with E-state index in [4.69, 9.17) is 14.2 Å². The van der Waals surface area contributed by atoms with Crippen LogP contribution in [0, 0.1) is 13.8 Å². The van der Waals surface area contributed by atoms with Crippen LogP contribution in [-0.4, -0.2) is 35.5 Å². The Hall–Kier alpha value is -3.19. The summed E-state index contributed by atoms with van der Waals surface area (Å²) in [5.41, 5.74) is 4.45. The molecule has 0 unspecified atom stereocenters. The number of nitrogens with zero attached hydrogens (tertiary/aromatic N) is 1. The van der Waals surface area contributed by atoms with E-state index in [9.17, 15) is 14.4 Å². The minimum Gasteiger partial charge on any atom is -0.464 e. The van der Waals surface area contributed by atoms with E-state index >= 15 is 0 Å². The molecule has 0 saturated heterocycles. The van der Waals surface area contributed by atoms with Crippen LogP contribution in [0.2, 0.25) is 0 Å². The topological polar surface area (TPSA) is 82.1 Å². The number of esters is 1. The van der Waals surface area contributed by atoms with Crippen molar-refractivity contribution in [3.05, 3.63) is 69.3 Å². The van der Waals surface area contributed by atoms with Gasteiger partial charge in [0, 0.05) is 24.2 Å². The van der Waals surface area contributed by atoms with Gasteiger partial charge in [0.05, 0.1) is 12.2 Å². The number of hydrogen-bond acceptors (Lipinski definition) is 6. The van der Waals surface area contributed by atoms with E-state index in [1.165, 1.54) is 0 Å². The van der Waals surface area contributed by atoms with Gasteiger partial charge in [-0.2, -0.15) is 0 Å². The summed E-state index contributed by atoms with van der Waals surface area (Å²) in [7, 11) is 0. The molecular formula is C27H33NO6. The van der Waals surface area contributed by atoms with Crippen LogP contribution >= 0.6 is 0 Å². The van der Waals surface area contributed by atoms with E-state index in [2.05, 4.69) is 0 Å². The van der Waals surface area contributed by atoms with E-state index < -0.39 is 23.8 Å². The van der Waals surface area contributed by atoms with Gasteiger partial charge in [0.1, 0.15) is 6.61 Å². The summed E-state index contributed by atoms with van der Waals surface area (Å²) in [6.07, 6.45) is -0.726. The molecule has 0 bridgehead atoms. The van der Waals surface area contributed by atoms with Crippen molar-refractivity contribution in [1.82, 2.24) is 4.90 Å². The van der Waals surface area contributed by atoms with Gasteiger partial charge in [-0.15, -0.1) is 0 Å². The second kappa shape index (κ2) is 10.4. The fourth-order valence-electron chi connectivity index (χ4n) is 4.27. The standard InChI is InChI=1S/C27H33NO6/c1-7-32-25(30)24(34-27(4,5)6)23-18(3)21-14-28(13-20(21)17(2)22(23)15-29)26(31)33-16-19-11-9-8-10-12-19/h8-12,15,24H,7,13-14,16H2,1-6H3/t24-/m0/s1. The molecule has 0 radical (unpaired) electrons. The highest BCUT2D eigenvalue weighted by Crippen LogP contribution is 2.39. The molecule has 0 N–H and O–H groups in total. The molecule has 1 aliphatic heterocycles. The van der Waals surface area contributed by atoms with Crippen molar-refractivity contribution in [2.75, 3.05) is 6.61 Å². The van der Waals surface area contributed by atoms with Crippen LogP contribution in [0.5, 0.6) is 0 Å². The highest BCUT2D eigenvalue weighted by atomic mass is 16.6. The van der Waals surface area contributed by atoms with Gasteiger partial charge in [-0.05, 0) is 69.4 Å². The molecule has 1 amide bonds. The molecule has 7 nitrogen and oxygen atoms in total. The minimum absolute atomic E-state index is 0.180. The highest BCUT2D eigenvalue weighted by molar-refractivity contribution is 5.88. The highest BCUT2D eigenvalue weighted by Gasteiger charge is 2.37. The number of fused-ring (bicyclic) bond motifs is 1. The quantitative estimate of drug-likeness (QED) is 0.412. The van der Waals surface area contributed by atoms with Crippen LogP contribution in [0.3, 0.4) is 0 Å². The molecule has 1 heterocycles. The molecule has 0 saturated carbocycles. The zero-order valence-corrected chi connectivity index (χ0v) is 20.8. The van der Waals surface area contributed by atoms with Gasteiger partial charge in [0.2, 0.25) is 0 Å². The molecule has 0 aromatic heterocycles. The maximum atomic E-state index is 12.9. The van der Waals surface area contributed by atoms with Gasteiger partial charge < -0.3 is 14.2 Å². The van der Waals surface area contributed by atoms with Crippen molar-refractivity contribution < 1.29 is 28.6 Å². The van der Waals surface area contributed by atoms with Crippen molar-refractivity contribution in [3.8, 4) is 0 Å². The number of carbonyl (C=O) groups is 3. The first-order valence-corrected chi connectivity index (χ1v) is 11.5. The number of aldehydes is 1. The molecule has 0 fully saturated rings. The Morgan fingerprint density at radius 2 is 1.65 bits per heavy atom. The van der Waals surface area contributed by atoms with Crippen LogP contribution in [0.25, 0.3) is 0 Å². The summed E-state index contributed by atoms with van der Waals surface area (Å²) >= 11 is 0. The Kier molecular flexibility index (Phi) is 7.77. The molecule has 3 rings (SSSR count). The van der Waals surface area contributed by atoms with Crippen LogP contribution in [-0.2, 0) is 38.7 Å². The number of ether oxygens (including phenoxy) is 3. The summed E-state index contributed by atoms with van der Waals surface area (Å²) in [6, 6.07) is 9.48. The monoisotopic (exact) mass is 467 g/mol. The third-order valence-electron chi connectivity index (χ3n) is 5.88. The first-order chi connectivity index (χ1) is 16.1. The summed E-state index contributed by atoms with van der Waals surface area (Å²) < 4.78 is 16.9. The van der Waals surface area contributed by atoms with Crippen LogP contribution in [0.1, 0.15) is 77.5 Å². The predicted octanol–water partition coefficient (Wildman–Crippen LogP) is 5.19. The van der Waals surface area contributed by atoms with Crippen LogP contribution < -0.4 is 0 Å². The molecule has 2 aromatic carbocycles. The first-order valence-electron chi connectivity index (χ1n) is 11.5. The average Bonchev–Trinajstić information content (AvgIpc) is 3.25. The largest absolute Gasteiger partial charge is 0.464 e. The van der Waals surface area contributed by atoms with Crippen LogP contribution in [0.4, 0.5) is 4.79 Å². The Labute approximate surface area is 201 Å². The lowest BCUT2D eigenvalue weighted by Crippen LogP contribution is -2.30. The Bertz CT molecular complexity index is 1070. The number of hydrogen-bond donors (Lipinski definition) is 0. The van der Waals surface area contributed by atoms with Crippen molar-refractivity contribution in [3.63, 3.8) is 0 Å². The first kappa shape index (κ1) is 25.4. The molecule has 34 heavy (non-hydrogen) atoms. The predicted molar refractivity (Wildman–Crippen MR) is 127 cm³/mol. The van der Waals surface area contributed by atoms with Gasteiger partial charge >= 0.3 is 12.1 Å². The molecule has 2 aromatic rings. The summed E-state index contributed by atoms with van der Waals surface area (Å²) in [6.45, 7) is 12.0. The molecular weight excluding hydrogens is 434 g/mol. The zero-order chi connectivity index (χ0) is 25.0. The van der Waals surface area contributed by atoms with Crippen molar-refractivity contribution >= 4 is 18.3 Å². The maximum absolute atomic E-state index is 12.9. The third kappa shape index (κ3) is 5.47. The number of rotatable bonds is 7. The second-order valence-electron chi connectivity index (χ2n) is 9.41. The molecule has 0 aliphatic carbocycles. The number of amides is 1. The fourth-order valence-corrected chi connectivity index (χ4v) is 4.27. The van der Waals surface area contributed by atoms with Crippen molar-refractivity contribution in [2.24, 2.45) is 0 Å². The molecule has 1 atom stereocenters. The van der Waals surface area contributed by atoms with Gasteiger partial charge in [-0.3, -0.25) is 9.69 Å². The maximum Gasteiger partial charge on any atom is 0.410 e. The lowest BCUT2D eigenvalue weighted by atomic mass is 9.86. The Balaban J connectivity index is 1.95. The molecule has 0 spiro atoms. The summed E-state index contributed by atoms with van der Waals surface area (Å²) in [4.78, 5) is 39.5. The van der Waals surface area contributed by atoms with Gasteiger partial charge in [0.25, 0.3) is 0 Å². The van der Waals surface area contributed by atoms with Crippen molar-refractivity contribution in [2.45, 2.75) is 72.9 Å². The third-order valence-corrected chi connectivity index (χ3v) is 5.88. The lowest BCUT2D eigenvalue weighted by Gasteiger charge is -2.29. The zero-order valence-electron chi connectivity index (χ0n) is 20.8. The normalized spacial score (nSPS) is 13.9. The van der Waals surface area contributed by atoms with E-state index in [1.807, 2.05) is 65.0 Å². The van der Waals surface area contributed by atoms with Gasteiger partial charge in [-0.25, -0.2) is 9.59 Å². The summed E-state index contributed by atoms with van der Waals surface area (Å²) in [5.74, 6) is -0.542. The van der Waals surface area contributed by atoms with E-state index in [0.29, 0.717) is 24.2 Å². The Morgan fingerprint density at radius 3 is 2.21 bits per heavy atom. The van der Waals surface area contributed by atoms with E-state index in [-0.39, 0.29) is 13.2 Å². The van der Waals surface area contributed by atoms with Crippen molar-refractivity contribution in [1.29, 1.82) is 0 Å². The number of carbonyl (C=O) groups excluding carboxylic acids is 3. The minimum atomic E-state index is -1.05. The van der Waals surface area contributed by atoms with E-state index in [0.717, 1.165) is 34.1 Å². The Morgan fingerprint density at radius 1 is 1.03 bits per heavy atom. The second-order valence-corrected chi connectivity index (χ2v) is 9.41. The van der Waals surface area contributed by atoms with Crippen LogP contribution in [0.15, 0.2) is 30.3 Å². The smallest absolute Gasteiger partial charge is 0.410 e. The molecule has 7 heteroatoms. The average molecular weight is 468 g/mol. The molecule has 1 aliphatic rings. The lowest BCUT2D eigenvalue weighted by molar-refractivity contribution is -0.166. The molecule has 182 valence electrons. The fraction of sp³-hybridized carbons (Fsp3) is 0.444.